The second-order valence-electron chi connectivity index (χ2n) is 6.72. The van der Waals surface area contributed by atoms with E-state index in [1.807, 2.05) is 13.0 Å². The number of aromatic amines is 1. The van der Waals surface area contributed by atoms with Gasteiger partial charge in [0.15, 0.2) is 5.82 Å². The molecule has 10 heteroatoms. The van der Waals surface area contributed by atoms with E-state index in [0.717, 1.165) is 17.6 Å². The Morgan fingerprint density at radius 2 is 2.14 bits per heavy atom. The molecule has 3 heterocycles. The lowest BCUT2D eigenvalue weighted by atomic mass is 10.2. The molecule has 1 fully saturated rings. The molecule has 1 amide bonds. The van der Waals surface area contributed by atoms with Crippen LogP contribution in [0, 0.1) is 6.92 Å². The van der Waals surface area contributed by atoms with Crippen LogP contribution in [0.15, 0.2) is 24.3 Å². The highest BCUT2D eigenvalue weighted by Crippen LogP contribution is 2.26. The number of carbonyl (C=O) groups is 1. The molecule has 0 saturated carbocycles. The quantitative estimate of drug-likeness (QED) is 0.601. The number of fused-ring (bicyclic) bond motifs is 1. The maximum atomic E-state index is 13.0. The van der Waals surface area contributed by atoms with E-state index in [-0.39, 0.29) is 30.2 Å². The molecule has 3 aromatic rings. The zero-order valence-electron chi connectivity index (χ0n) is 15.5. The van der Waals surface area contributed by atoms with Gasteiger partial charge in [0.05, 0.1) is 5.52 Å². The van der Waals surface area contributed by atoms with Gasteiger partial charge < -0.3 is 15.5 Å². The van der Waals surface area contributed by atoms with E-state index >= 15 is 0 Å². The van der Waals surface area contributed by atoms with E-state index in [1.54, 1.807) is 23.1 Å². The number of nitrogens with one attached hydrogen (secondary N) is 3. The predicted octanol–water partition coefficient (Wildman–Crippen LogP) is 2.91. The number of rotatable bonds is 3. The Morgan fingerprint density at radius 1 is 1.32 bits per heavy atom. The number of H-pyrrole nitrogens is 1. The van der Waals surface area contributed by atoms with Gasteiger partial charge in [-0.2, -0.15) is 5.10 Å². The fourth-order valence-electron chi connectivity index (χ4n) is 3.15. The molecule has 4 rings (SSSR count). The summed E-state index contributed by atoms with van der Waals surface area (Å²) < 4.78 is 0. The Kier molecular flexibility index (Phi) is 6.02. The van der Waals surface area contributed by atoms with Gasteiger partial charge in [-0.05, 0) is 32.0 Å². The third-order valence-corrected chi connectivity index (χ3v) is 4.69. The monoisotopic (exact) mass is 421 g/mol. The molecule has 1 atom stereocenters. The van der Waals surface area contributed by atoms with Crippen molar-refractivity contribution in [2.24, 2.45) is 0 Å². The number of aromatic nitrogens is 4. The second-order valence-corrected chi connectivity index (χ2v) is 7.16. The topological polar surface area (TPSA) is 98.8 Å². The summed E-state index contributed by atoms with van der Waals surface area (Å²) in [7, 11) is 0. The number of anilines is 2. The van der Waals surface area contributed by atoms with Gasteiger partial charge in [-0.15, -0.1) is 12.4 Å². The first-order chi connectivity index (χ1) is 13.0. The number of halogens is 2. The smallest absolute Gasteiger partial charge is 0.291 e. The van der Waals surface area contributed by atoms with Crippen LogP contribution in [0.5, 0.6) is 0 Å². The molecular weight excluding hydrogens is 401 g/mol. The van der Waals surface area contributed by atoms with Crippen LogP contribution < -0.4 is 10.6 Å². The molecule has 1 saturated heterocycles. The van der Waals surface area contributed by atoms with Gasteiger partial charge in [-0.3, -0.25) is 9.89 Å². The Hall–Kier alpha value is -2.42. The summed E-state index contributed by atoms with van der Waals surface area (Å²) in [5, 5.41) is 14.9. The molecular formula is C18H21Cl2N7O. The van der Waals surface area contributed by atoms with Gasteiger partial charge in [0.25, 0.3) is 5.91 Å². The van der Waals surface area contributed by atoms with Crippen molar-refractivity contribution in [1.82, 2.24) is 30.4 Å². The number of hydrogen-bond donors (Lipinski definition) is 3. The number of carbonyl (C=O) groups excluding carboxylic acids is 1. The van der Waals surface area contributed by atoms with Gasteiger partial charge in [-0.25, -0.2) is 9.97 Å². The lowest BCUT2D eigenvalue weighted by Gasteiger charge is -2.31. The van der Waals surface area contributed by atoms with Crippen LogP contribution in [0.4, 0.5) is 11.6 Å². The zero-order valence-corrected chi connectivity index (χ0v) is 17.1. The van der Waals surface area contributed by atoms with Crippen molar-refractivity contribution in [3.63, 3.8) is 0 Å². The number of hydrogen-bond acceptors (Lipinski definition) is 6. The number of nitrogens with zero attached hydrogens (tertiary/aromatic N) is 4. The summed E-state index contributed by atoms with van der Waals surface area (Å²) in [6, 6.07) is 7.42. The molecule has 0 bridgehead atoms. The highest BCUT2D eigenvalue weighted by atomic mass is 35.5. The van der Waals surface area contributed by atoms with Crippen molar-refractivity contribution < 1.29 is 4.79 Å². The number of piperazine rings is 1. The highest BCUT2D eigenvalue weighted by molar-refractivity contribution is 6.31. The molecule has 0 radical (unpaired) electrons. The molecule has 148 valence electrons. The maximum absolute atomic E-state index is 13.0. The Bertz CT molecular complexity index is 1010. The number of aryl methyl sites for hydroxylation is 1. The molecule has 1 aromatic carbocycles. The molecule has 2 aromatic heterocycles. The Morgan fingerprint density at radius 3 is 2.86 bits per heavy atom. The lowest BCUT2D eigenvalue weighted by molar-refractivity contribution is 0.0697. The first-order valence-corrected chi connectivity index (χ1v) is 9.16. The van der Waals surface area contributed by atoms with E-state index in [4.69, 9.17) is 11.6 Å². The second kappa shape index (κ2) is 8.30. The van der Waals surface area contributed by atoms with Crippen molar-refractivity contribution >= 4 is 52.5 Å². The van der Waals surface area contributed by atoms with E-state index in [1.165, 1.54) is 0 Å². The third kappa shape index (κ3) is 4.19. The summed E-state index contributed by atoms with van der Waals surface area (Å²) in [4.78, 5) is 23.7. The normalized spacial score (nSPS) is 16.7. The van der Waals surface area contributed by atoms with Gasteiger partial charge in [0, 0.05) is 47.8 Å². The largest absolute Gasteiger partial charge is 0.333 e. The summed E-state index contributed by atoms with van der Waals surface area (Å²) in [6.07, 6.45) is 0. The van der Waals surface area contributed by atoms with Gasteiger partial charge >= 0.3 is 0 Å². The zero-order chi connectivity index (χ0) is 19.0. The molecule has 3 N–H and O–H groups in total. The van der Waals surface area contributed by atoms with Gasteiger partial charge in [0.1, 0.15) is 5.82 Å². The summed E-state index contributed by atoms with van der Waals surface area (Å²) in [5.41, 5.74) is 1.57. The average molecular weight is 422 g/mol. The standard InChI is InChI=1S/C18H20ClN7O.ClH/c1-10-7-15(25-24-10)22-16-13-8-12(19)3-4-14(13)21-17(23-16)18(27)26-6-5-20-11(2)9-26;/h3-4,7-8,11,20H,5-6,9H2,1-2H3,(H2,21,22,23,24,25);1H/t11-;/m1./s1. The summed E-state index contributed by atoms with van der Waals surface area (Å²) >= 11 is 6.15. The van der Waals surface area contributed by atoms with Crippen LogP contribution in [0.25, 0.3) is 10.9 Å². The first kappa shape index (κ1) is 20.3. The fourth-order valence-corrected chi connectivity index (χ4v) is 3.33. The van der Waals surface area contributed by atoms with Crippen LogP contribution in [0.2, 0.25) is 5.02 Å². The van der Waals surface area contributed by atoms with E-state index in [9.17, 15) is 4.79 Å². The van der Waals surface area contributed by atoms with Crippen LogP contribution in [0.1, 0.15) is 23.2 Å². The van der Waals surface area contributed by atoms with Gasteiger partial charge in [-0.1, -0.05) is 11.6 Å². The molecule has 0 unspecified atom stereocenters. The maximum Gasteiger partial charge on any atom is 0.291 e. The lowest BCUT2D eigenvalue weighted by Crippen LogP contribution is -2.51. The third-order valence-electron chi connectivity index (χ3n) is 4.46. The van der Waals surface area contributed by atoms with E-state index in [2.05, 4.69) is 37.7 Å². The average Bonchev–Trinajstić information content (AvgIpc) is 3.06. The van der Waals surface area contributed by atoms with Crippen molar-refractivity contribution in [3.8, 4) is 0 Å². The van der Waals surface area contributed by atoms with Crippen molar-refractivity contribution in [3.05, 3.63) is 40.8 Å². The van der Waals surface area contributed by atoms with Gasteiger partial charge in [0.2, 0.25) is 5.82 Å². The minimum atomic E-state index is -0.179. The molecule has 0 spiro atoms. The highest BCUT2D eigenvalue weighted by Gasteiger charge is 2.25. The number of benzene rings is 1. The van der Waals surface area contributed by atoms with Crippen LogP contribution in [-0.2, 0) is 0 Å². The molecule has 8 nitrogen and oxygen atoms in total. The van der Waals surface area contributed by atoms with E-state index < -0.39 is 0 Å². The van der Waals surface area contributed by atoms with Crippen LogP contribution in [0.3, 0.4) is 0 Å². The molecule has 0 aliphatic carbocycles. The van der Waals surface area contributed by atoms with E-state index in [0.29, 0.717) is 35.3 Å². The van der Waals surface area contributed by atoms with Crippen LogP contribution >= 0.6 is 24.0 Å². The Labute approximate surface area is 173 Å². The fraction of sp³-hybridized carbons (Fsp3) is 0.333. The first-order valence-electron chi connectivity index (χ1n) is 8.78. The molecule has 1 aliphatic heterocycles. The predicted molar refractivity (Wildman–Crippen MR) is 112 cm³/mol. The Balaban J connectivity index is 0.00000225. The number of amides is 1. The minimum absolute atomic E-state index is 0. The minimum Gasteiger partial charge on any atom is -0.333 e. The van der Waals surface area contributed by atoms with Crippen LogP contribution in [-0.4, -0.2) is 56.6 Å². The van der Waals surface area contributed by atoms with Crippen molar-refractivity contribution in [1.29, 1.82) is 0 Å². The van der Waals surface area contributed by atoms with Crippen molar-refractivity contribution in [2.45, 2.75) is 19.9 Å². The molecule has 28 heavy (non-hydrogen) atoms. The summed E-state index contributed by atoms with van der Waals surface area (Å²) in [5.74, 6) is 1.09. The molecule has 1 aliphatic rings. The SMILES string of the molecule is Cc1cc(Nc2nc(C(=O)N3CCN[C@H](C)C3)nc3ccc(Cl)cc23)n[nH]1.Cl. The summed E-state index contributed by atoms with van der Waals surface area (Å²) in [6.45, 7) is 5.98. The van der Waals surface area contributed by atoms with Crippen molar-refractivity contribution in [2.75, 3.05) is 25.0 Å².